The third-order valence-electron chi connectivity index (χ3n) is 2.96. The maximum Gasteiger partial charge on any atom is 0.323 e. The molecule has 22 heavy (non-hydrogen) atoms. The van der Waals surface area contributed by atoms with Crippen LogP contribution >= 0.6 is 28.3 Å². The van der Waals surface area contributed by atoms with Crippen molar-refractivity contribution in [3.63, 3.8) is 0 Å². The number of carbonyl (C=O) groups excluding carboxylic acids is 1. The maximum absolute atomic E-state index is 11.3. The summed E-state index contributed by atoms with van der Waals surface area (Å²) >= 11 is 1.37. The standard InChI is InChI=1S/C13H18N4O3S.BrH/c1-3-20-9(18)6-4-5-8-11(16-12(14)21-8)10-7(2)15-13(19)17-10;/h3-6H2,1-2H3,(H2,14,16)(H2,15,17,19);1H. The number of hydrogen-bond donors (Lipinski definition) is 3. The van der Waals surface area contributed by atoms with Gasteiger partial charge in [-0.3, -0.25) is 4.79 Å². The number of rotatable bonds is 6. The highest BCUT2D eigenvalue weighted by molar-refractivity contribution is 8.93. The van der Waals surface area contributed by atoms with E-state index >= 15 is 0 Å². The normalized spacial score (nSPS) is 10.3. The van der Waals surface area contributed by atoms with Crippen LogP contribution in [0.5, 0.6) is 0 Å². The minimum Gasteiger partial charge on any atom is -0.466 e. The number of aromatic nitrogens is 3. The van der Waals surface area contributed by atoms with Gasteiger partial charge in [-0.2, -0.15) is 0 Å². The first-order valence-corrected chi connectivity index (χ1v) is 7.53. The van der Waals surface area contributed by atoms with Crippen molar-refractivity contribution in [1.82, 2.24) is 15.0 Å². The van der Waals surface area contributed by atoms with Gasteiger partial charge in [0.1, 0.15) is 5.69 Å². The molecule has 0 aromatic carbocycles. The van der Waals surface area contributed by atoms with Crippen molar-refractivity contribution < 1.29 is 9.53 Å². The molecule has 7 nitrogen and oxygen atoms in total. The van der Waals surface area contributed by atoms with Crippen molar-refractivity contribution in [3.8, 4) is 11.4 Å². The number of halogens is 1. The SMILES string of the molecule is Br.CCOC(=O)CCCc1sc(N)nc1-c1[nH]c(=O)[nH]c1C. The van der Waals surface area contributed by atoms with Gasteiger partial charge in [0.2, 0.25) is 0 Å². The summed E-state index contributed by atoms with van der Waals surface area (Å²) in [5.41, 5.74) is 7.54. The lowest BCUT2D eigenvalue weighted by molar-refractivity contribution is -0.143. The number of hydrogen-bond acceptors (Lipinski definition) is 6. The van der Waals surface area contributed by atoms with Gasteiger partial charge >= 0.3 is 11.7 Å². The van der Waals surface area contributed by atoms with Crippen molar-refractivity contribution in [2.45, 2.75) is 33.1 Å². The summed E-state index contributed by atoms with van der Waals surface area (Å²) in [5.74, 6) is -0.206. The Morgan fingerprint density at radius 3 is 2.73 bits per heavy atom. The van der Waals surface area contributed by atoms with Crippen LogP contribution in [-0.4, -0.2) is 27.5 Å². The van der Waals surface area contributed by atoms with Gasteiger partial charge < -0.3 is 20.4 Å². The number of carbonyl (C=O) groups is 1. The Bertz CT molecular complexity index is 692. The molecule has 0 unspecified atom stereocenters. The van der Waals surface area contributed by atoms with E-state index in [2.05, 4.69) is 15.0 Å². The predicted molar refractivity (Wildman–Crippen MR) is 91.6 cm³/mol. The van der Waals surface area contributed by atoms with Crippen LogP contribution in [0.4, 0.5) is 5.13 Å². The van der Waals surface area contributed by atoms with Gasteiger partial charge in [-0.1, -0.05) is 0 Å². The van der Waals surface area contributed by atoms with Crippen LogP contribution in [0.15, 0.2) is 4.79 Å². The lowest BCUT2D eigenvalue weighted by Crippen LogP contribution is -2.04. The fourth-order valence-corrected chi connectivity index (χ4v) is 2.95. The quantitative estimate of drug-likeness (QED) is 0.653. The minimum atomic E-state index is -0.272. The molecule has 122 valence electrons. The summed E-state index contributed by atoms with van der Waals surface area (Å²) in [7, 11) is 0. The number of H-pyrrole nitrogens is 2. The Hall–Kier alpha value is -1.61. The number of nitrogens with two attached hydrogens (primary N) is 1. The highest BCUT2D eigenvalue weighted by Crippen LogP contribution is 2.30. The third kappa shape index (κ3) is 4.44. The minimum absolute atomic E-state index is 0. The van der Waals surface area contributed by atoms with E-state index in [0.717, 1.165) is 10.6 Å². The van der Waals surface area contributed by atoms with E-state index in [9.17, 15) is 9.59 Å². The summed E-state index contributed by atoms with van der Waals surface area (Å²) < 4.78 is 4.89. The average molecular weight is 391 g/mol. The van der Waals surface area contributed by atoms with Crippen LogP contribution in [-0.2, 0) is 16.0 Å². The number of nitrogens with zero attached hydrogens (tertiary/aromatic N) is 1. The van der Waals surface area contributed by atoms with Gasteiger partial charge in [-0.05, 0) is 26.7 Å². The predicted octanol–water partition coefficient (Wildman–Crippen LogP) is 2.18. The second kappa shape index (κ2) is 8.14. The summed E-state index contributed by atoms with van der Waals surface area (Å²) in [4.78, 5) is 33.3. The molecule has 2 aromatic heterocycles. The molecule has 0 radical (unpaired) electrons. The van der Waals surface area contributed by atoms with Crippen molar-refractivity contribution in [3.05, 3.63) is 21.1 Å². The molecule has 2 rings (SSSR count). The molecule has 0 amide bonds. The van der Waals surface area contributed by atoms with Crippen molar-refractivity contribution in [2.24, 2.45) is 0 Å². The number of thiazole rings is 1. The number of imidazole rings is 1. The maximum atomic E-state index is 11.3. The number of nitrogens with one attached hydrogen (secondary N) is 2. The highest BCUT2D eigenvalue weighted by atomic mass is 79.9. The second-order valence-electron chi connectivity index (χ2n) is 4.56. The smallest absolute Gasteiger partial charge is 0.323 e. The summed E-state index contributed by atoms with van der Waals surface area (Å²) in [6.45, 7) is 3.97. The molecule has 9 heteroatoms. The molecule has 2 heterocycles. The molecule has 0 atom stereocenters. The number of anilines is 1. The molecule has 0 aliphatic carbocycles. The fraction of sp³-hybridized carbons (Fsp3) is 0.462. The molecule has 0 saturated carbocycles. The molecular formula is C13H19BrN4O3S. The van der Waals surface area contributed by atoms with E-state index < -0.39 is 0 Å². The van der Waals surface area contributed by atoms with E-state index in [1.165, 1.54) is 11.3 Å². The fourth-order valence-electron chi connectivity index (χ4n) is 2.07. The van der Waals surface area contributed by atoms with Gasteiger partial charge in [0.05, 0.1) is 12.3 Å². The molecule has 4 N–H and O–H groups in total. The zero-order chi connectivity index (χ0) is 15.4. The van der Waals surface area contributed by atoms with E-state index in [1.54, 1.807) is 13.8 Å². The van der Waals surface area contributed by atoms with Gasteiger partial charge in [0, 0.05) is 17.0 Å². The van der Waals surface area contributed by atoms with E-state index in [-0.39, 0.29) is 28.6 Å². The number of aryl methyl sites for hydroxylation is 2. The second-order valence-corrected chi connectivity index (χ2v) is 5.68. The van der Waals surface area contributed by atoms with Crippen molar-refractivity contribution >= 4 is 39.4 Å². The van der Waals surface area contributed by atoms with Crippen LogP contribution in [0, 0.1) is 6.92 Å². The molecule has 0 saturated heterocycles. The number of aromatic amines is 2. The average Bonchev–Trinajstić information content (AvgIpc) is 2.92. The summed E-state index contributed by atoms with van der Waals surface area (Å²) in [6, 6.07) is 0. The van der Waals surface area contributed by atoms with Crippen molar-refractivity contribution in [1.29, 1.82) is 0 Å². The van der Waals surface area contributed by atoms with Crippen LogP contribution in [0.1, 0.15) is 30.3 Å². The Labute approximate surface area is 142 Å². The van der Waals surface area contributed by atoms with Crippen molar-refractivity contribution in [2.75, 3.05) is 12.3 Å². The first kappa shape index (κ1) is 18.4. The molecule has 0 aliphatic heterocycles. The van der Waals surface area contributed by atoms with Gasteiger partial charge in [0.15, 0.2) is 5.13 Å². The summed E-state index contributed by atoms with van der Waals surface area (Å²) in [6.07, 6.45) is 1.67. The number of ether oxygens (including phenoxy) is 1. The van der Waals surface area contributed by atoms with Gasteiger partial charge in [-0.25, -0.2) is 9.78 Å². The van der Waals surface area contributed by atoms with Crippen LogP contribution in [0.2, 0.25) is 0 Å². The largest absolute Gasteiger partial charge is 0.466 e. The molecule has 0 bridgehead atoms. The Morgan fingerprint density at radius 1 is 1.41 bits per heavy atom. The lowest BCUT2D eigenvalue weighted by atomic mass is 10.1. The lowest BCUT2D eigenvalue weighted by Gasteiger charge is -2.02. The first-order valence-electron chi connectivity index (χ1n) is 6.71. The Kier molecular flexibility index (Phi) is 6.82. The molecule has 0 aliphatic rings. The van der Waals surface area contributed by atoms with Crippen LogP contribution < -0.4 is 11.4 Å². The van der Waals surface area contributed by atoms with E-state index in [1.807, 2.05) is 0 Å². The van der Waals surface area contributed by atoms with E-state index in [0.29, 0.717) is 42.4 Å². The summed E-state index contributed by atoms with van der Waals surface area (Å²) in [5, 5.41) is 0.442. The zero-order valence-corrected chi connectivity index (χ0v) is 14.9. The first-order chi connectivity index (χ1) is 10.0. The molecule has 0 fully saturated rings. The zero-order valence-electron chi connectivity index (χ0n) is 12.4. The Morgan fingerprint density at radius 2 is 2.14 bits per heavy atom. The van der Waals surface area contributed by atoms with Gasteiger partial charge in [0.25, 0.3) is 0 Å². The number of esters is 1. The third-order valence-corrected chi connectivity index (χ3v) is 3.90. The molecular weight excluding hydrogens is 372 g/mol. The van der Waals surface area contributed by atoms with E-state index in [4.69, 9.17) is 10.5 Å². The van der Waals surface area contributed by atoms with Gasteiger partial charge in [-0.15, -0.1) is 28.3 Å². The molecule has 2 aromatic rings. The highest BCUT2D eigenvalue weighted by Gasteiger charge is 2.16. The monoisotopic (exact) mass is 390 g/mol. The number of nitrogen functional groups attached to an aromatic ring is 1. The molecule has 0 spiro atoms. The van der Waals surface area contributed by atoms with Crippen LogP contribution in [0.25, 0.3) is 11.4 Å². The van der Waals surface area contributed by atoms with Crippen LogP contribution in [0.3, 0.4) is 0 Å². The topological polar surface area (TPSA) is 114 Å². The Balaban J connectivity index is 0.00000242.